The van der Waals surface area contributed by atoms with E-state index in [1.807, 2.05) is 0 Å². The second-order valence-electron chi connectivity index (χ2n) is 4.30. The van der Waals surface area contributed by atoms with Crippen molar-refractivity contribution >= 4 is 0 Å². The van der Waals surface area contributed by atoms with E-state index in [2.05, 4.69) is 0 Å². The predicted molar refractivity (Wildman–Crippen MR) is 61.9 cm³/mol. The van der Waals surface area contributed by atoms with Crippen LogP contribution in [0.3, 0.4) is 0 Å². The van der Waals surface area contributed by atoms with Crippen molar-refractivity contribution in [2.45, 2.75) is 70.6 Å². The van der Waals surface area contributed by atoms with Crippen LogP contribution in [0.5, 0.6) is 0 Å². The van der Waals surface area contributed by atoms with Crippen molar-refractivity contribution in [3.63, 3.8) is 0 Å². The molecule has 0 aromatic heterocycles. The molecular formula is C13H26O2. The second-order valence-corrected chi connectivity index (χ2v) is 4.30. The first-order valence-corrected chi connectivity index (χ1v) is 6.58. The summed E-state index contributed by atoms with van der Waals surface area (Å²) >= 11 is 0. The predicted octanol–water partition coefficient (Wildman–Crippen LogP) is 4.14. The van der Waals surface area contributed by atoms with Crippen molar-refractivity contribution in [1.82, 2.24) is 0 Å². The molecule has 0 heterocycles. The van der Waals surface area contributed by atoms with E-state index in [4.69, 9.17) is 0 Å². The molecule has 0 spiro atoms. The third-order valence-corrected chi connectivity index (χ3v) is 2.79. The number of hydrogen-bond acceptors (Lipinski definition) is 0. The molecule has 0 unspecified atom stereocenters. The highest BCUT2D eigenvalue weighted by molar-refractivity contribution is 4.47. The first kappa shape index (κ1) is 14.9. The van der Waals surface area contributed by atoms with E-state index >= 15 is 0 Å². The molecule has 0 aliphatic heterocycles. The number of unbranched alkanes of at least 4 members (excludes halogenated alkanes) is 10. The third kappa shape index (κ3) is 13.9. The highest BCUT2D eigenvalue weighted by Gasteiger charge is 1.93. The number of hydrogen-bond donors (Lipinski definition) is 0. The largest absolute Gasteiger partial charge is 0.237 e. The van der Waals surface area contributed by atoms with Gasteiger partial charge in [-0.3, -0.25) is 0 Å². The lowest BCUT2D eigenvalue weighted by atomic mass is 10.1. The summed E-state index contributed by atoms with van der Waals surface area (Å²) < 4.78 is 0. The Bertz CT molecular complexity index is 92.7. The molecule has 2 nitrogen and oxygen atoms in total. The summed E-state index contributed by atoms with van der Waals surface area (Å²) in [5, 5.41) is 20.3. The summed E-state index contributed by atoms with van der Waals surface area (Å²) in [4.78, 5) is 0. The standard InChI is InChI=1S/C13H26O2/c14-12-10-8-6-4-2-1-3-5-7-9-11-13-15/h1-13H2. The molecular weight excluding hydrogens is 188 g/mol. The van der Waals surface area contributed by atoms with Gasteiger partial charge in [-0.15, -0.1) is 0 Å². The van der Waals surface area contributed by atoms with Gasteiger partial charge in [-0.25, -0.2) is 10.2 Å². The van der Waals surface area contributed by atoms with Gasteiger partial charge in [0.15, 0.2) is 0 Å². The molecule has 0 saturated carbocycles. The normalized spacial score (nSPS) is 10.8. The zero-order valence-electron chi connectivity index (χ0n) is 10.0. The highest BCUT2D eigenvalue weighted by atomic mass is 16.3. The molecule has 0 rings (SSSR count). The minimum Gasteiger partial charge on any atom is -0.237 e. The van der Waals surface area contributed by atoms with Gasteiger partial charge in [0.25, 0.3) is 0 Å². The smallest absolute Gasteiger partial charge is 0.0822 e. The van der Waals surface area contributed by atoms with Gasteiger partial charge in [0, 0.05) is 0 Å². The van der Waals surface area contributed by atoms with E-state index in [0.29, 0.717) is 0 Å². The maximum atomic E-state index is 10.2. The van der Waals surface area contributed by atoms with Gasteiger partial charge < -0.3 is 0 Å². The summed E-state index contributed by atoms with van der Waals surface area (Å²) in [6.45, 7) is 0.194. The Morgan fingerprint density at radius 2 is 0.533 bits per heavy atom. The molecule has 2 heteroatoms. The fraction of sp³-hybridized carbons (Fsp3) is 1.00. The van der Waals surface area contributed by atoms with Crippen LogP contribution in [0.15, 0.2) is 0 Å². The van der Waals surface area contributed by atoms with Crippen molar-refractivity contribution in [1.29, 1.82) is 0 Å². The first-order chi connectivity index (χ1) is 7.41. The van der Waals surface area contributed by atoms with E-state index < -0.39 is 0 Å². The Hall–Kier alpha value is -0.0800. The van der Waals surface area contributed by atoms with E-state index in [1.54, 1.807) is 0 Å². The number of rotatable bonds is 12. The fourth-order valence-electron chi connectivity index (χ4n) is 1.80. The summed E-state index contributed by atoms with van der Waals surface area (Å²) in [6.07, 6.45) is 13.0. The third-order valence-electron chi connectivity index (χ3n) is 2.79. The molecule has 90 valence electrons. The monoisotopic (exact) mass is 214 g/mol. The second kappa shape index (κ2) is 13.9. The van der Waals surface area contributed by atoms with Crippen molar-refractivity contribution in [2.75, 3.05) is 13.2 Å². The molecule has 0 amide bonds. The highest BCUT2D eigenvalue weighted by Crippen LogP contribution is 2.10. The average molecular weight is 214 g/mol. The van der Waals surface area contributed by atoms with Gasteiger partial charge in [0.2, 0.25) is 0 Å². The molecule has 0 fully saturated rings. The van der Waals surface area contributed by atoms with Crippen LogP contribution in [0.2, 0.25) is 0 Å². The van der Waals surface area contributed by atoms with Crippen LogP contribution in [-0.2, 0) is 10.2 Å². The Morgan fingerprint density at radius 1 is 0.333 bits per heavy atom. The topological polar surface area (TPSA) is 39.8 Å². The van der Waals surface area contributed by atoms with Gasteiger partial charge >= 0.3 is 0 Å². The van der Waals surface area contributed by atoms with Crippen LogP contribution in [0.1, 0.15) is 70.6 Å². The first-order valence-electron chi connectivity index (χ1n) is 6.58. The molecule has 2 radical (unpaired) electrons. The summed E-state index contributed by atoms with van der Waals surface area (Å²) in [7, 11) is 0. The zero-order valence-corrected chi connectivity index (χ0v) is 10.0. The van der Waals surface area contributed by atoms with Gasteiger partial charge in [0.05, 0.1) is 13.2 Å². The Labute approximate surface area is 94.7 Å². The molecule has 0 atom stereocenters. The van der Waals surface area contributed by atoms with Crippen LogP contribution in [0.4, 0.5) is 0 Å². The minimum absolute atomic E-state index is 0.0969. The molecule has 0 saturated heterocycles. The van der Waals surface area contributed by atoms with Crippen LogP contribution < -0.4 is 0 Å². The van der Waals surface area contributed by atoms with Crippen molar-refractivity contribution < 1.29 is 10.2 Å². The van der Waals surface area contributed by atoms with E-state index in [9.17, 15) is 10.2 Å². The van der Waals surface area contributed by atoms with Crippen LogP contribution in [0, 0.1) is 0 Å². The van der Waals surface area contributed by atoms with Crippen LogP contribution in [0.25, 0.3) is 0 Å². The molecule has 0 bridgehead atoms. The maximum Gasteiger partial charge on any atom is 0.0822 e. The lowest BCUT2D eigenvalue weighted by Crippen LogP contribution is -1.84. The van der Waals surface area contributed by atoms with Crippen molar-refractivity contribution in [2.24, 2.45) is 0 Å². The fourth-order valence-corrected chi connectivity index (χ4v) is 1.80. The van der Waals surface area contributed by atoms with E-state index in [0.717, 1.165) is 25.7 Å². The molecule has 0 aliphatic carbocycles. The van der Waals surface area contributed by atoms with Crippen molar-refractivity contribution in [3.05, 3.63) is 0 Å². The molecule has 15 heavy (non-hydrogen) atoms. The Balaban J connectivity index is 2.81. The summed E-state index contributed by atoms with van der Waals surface area (Å²) in [6, 6.07) is 0. The lowest BCUT2D eigenvalue weighted by molar-refractivity contribution is 0.185. The quantitative estimate of drug-likeness (QED) is 0.438. The maximum absolute atomic E-state index is 10.2. The Morgan fingerprint density at radius 3 is 0.733 bits per heavy atom. The van der Waals surface area contributed by atoms with Gasteiger partial charge in [-0.05, 0) is 12.8 Å². The van der Waals surface area contributed by atoms with Crippen LogP contribution in [-0.4, -0.2) is 13.2 Å². The summed E-state index contributed by atoms with van der Waals surface area (Å²) in [5.74, 6) is 0. The molecule has 0 N–H and O–H groups in total. The SMILES string of the molecule is [O]CCCCCCCCCCCCC[O]. The van der Waals surface area contributed by atoms with E-state index in [-0.39, 0.29) is 13.2 Å². The average Bonchev–Trinajstić information content (AvgIpc) is 2.26. The zero-order chi connectivity index (χ0) is 11.2. The Kier molecular flexibility index (Phi) is 13.8. The minimum atomic E-state index is 0.0969. The van der Waals surface area contributed by atoms with Gasteiger partial charge in [0.1, 0.15) is 0 Å². The van der Waals surface area contributed by atoms with E-state index in [1.165, 1.54) is 44.9 Å². The van der Waals surface area contributed by atoms with Crippen molar-refractivity contribution in [3.8, 4) is 0 Å². The molecule has 0 aliphatic rings. The van der Waals surface area contributed by atoms with Crippen LogP contribution >= 0.6 is 0 Å². The van der Waals surface area contributed by atoms with Gasteiger partial charge in [-0.2, -0.15) is 0 Å². The lowest BCUT2D eigenvalue weighted by Gasteiger charge is -2.01. The van der Waals surface area contributed by atoms with Gasteiger partial charge in [-0.1, -0.05) is 57.8 Å². The molecule has 0 aromatic rings. The summed E-state index contributed by atoms with van der Waals surface area (Å²) in [5.41, 5.74) is 0. The molecule has 0 aromatic carbocycles.